The Hall–Kier alpha value is -1.58. The summed E-state index contributed by atoms with van der Waals surface area (Å²) in [6, 6.07) is 3.89. The van der Waals surface area contributed by atoms with Crippen molar-refractivity contribution < 1.29 is 4.79 Å². The van der Waals surface area contributed by atoms with Crippen LogP contribution < -0.4 is 10.9 Å². The Balaban J connectivity index is 1.50. The molecule has 0 aliphatic heterocycles. The first kappa shape index (κ1) is 12.2. The lowest BCUT2D eigenvalue weighted by Gasteiger charge is -2.17. The van der Waals surface area contributed by atoms with Crippen LogP contribution in [0.3, 0.4) is 0 Å². The number of hydrogen-bond acceptors (Lipinski definition) is 2. The summed E-state index contributed by atoms with van der Waals surface area (Å²) < 4.78 is 0. The maximum absolute atomic E-state index is 12.3. The third-order valence-electron chi connectivity index (χ3n) is 4.75. The Kier molecular flexibility index (Phi) is 2.72. The Morgan fingerprint density at radius 1 is 1.10 bits per heavy atom. The van der Waals surface area contributed by atoms with E-state index in [1.165, 1.54) is 25.7 Å². The van der Waals surface area contributed by atoms with Crippen LogP contribution in [-0.4, -0.2) is 16.9 Å². The van der Waals surface area contributed by atoms with E-state index in [-0.39, 0.29) is 17.0 Å². The van der Waals surface area contributed by atoms with Crippen molar-refractivity contribution in [2.75, 3.05) is 0 Å². The van der Waals surface area contributed by atoms with Gasteiger partial charge in [-0.3, -0.25) is 9.59 Å². The fourth-order valence-electron chi connectivity index (χ4n) is 3.06. The summed E-state index contributed by atoms with van der Waals surface area (Å²) in [4.78, 5) is 27.2. The summed E-state index contributed by atoms with van der Waals surface area (Å²) >= 11 is 0. The van der Waals surface area contributed by atoms with Gasteiger partial charge in [0.25, 0.3) is 11.5 Å². The van der Waals surface area contributed by atoms with Gasteiger partial charge in [0.15, 0.2) is 0 Å². The second kappa shape index (κ2) is 4.47. The van der Waals surface area contributed by atoms with Gasteiger partial charge in [-0.2, -0.15) is 0 Å². The van der Waals surface area contributed by atoms with Gasteiger partial charge in [-0.15, -0.1) is 0 Å². The summed E-state index contributed by atoms with van der Waals surface area (Å²) in [7, 11) is 0. The van der Waals surface area contributed by atoms with Crippen LogP contribution in [0.5, 0.6) is 0 Å². The standard InChI is InChI=1S/C16H20N2O2/c19-15-12(7-8-13(17-15)9-1-2-9)16(20)18-14(10-3-4-10)11-5-6-11/h7-11,14H,1-6H2,(H,17,19)(H,18,20). The highest BCUT2D eigenvalue weighted by molar-refractivity contribution is 5.94. The van der Waals surface area contributed by atoms with Crippen molar-refractivity contribution in [2.24, 2.45) is 11.8 Å². The van der Waals surface area contributed by atoms with Crippen molar-refractivity contribution in [2.45, 2.75) is 50.5 Å². The van der Waals surface area contributed by atoms with Crippen molar-refractivity contribution in [3.8, 4) is 0 Å². The van der Waals surface area contributed by atoms with Crippen LogP contribution in [0.2, 0.25) is 0 Å². The van der Waals surface area contributed by atoms with Crippen molar-refractivity contribution in [1.29, 1.82) is 0 Å². The van der Waals surface area contributed by atoms with Crippen LogP contribution in [0.25, 0.3) is 0 Å². The Morgan fingerprint density at radius 2 is 1.75 bits per heavy atom. The monoisotopic (exact) mass is 272 g/mol. The zero-order chi connectivity index (χ0) is 13.7. The molecule has 0 bridgehead atoms. The first-order valence-corrected chi connectivity index (χ1v) is 7.76. The third-order valence-corrected chi connectivity index (χ3v) is 4.75. The molecule has 3 aliphatic rings. The minimum Gasteiger partial charge on any atom is -0.349 e. The number of amides is 1. The number of aromatic amines is 1. The molecule has 1 amide bonds. The van der Waals surface area contributed by atoms with Gasteiger partial charge in [0.2, 0.25) is 0 Å². The van der Waals surface area contributed by atoms with E-state index in [4.69, 9.17) is 0 Å². The van der Waals surface area contributed by atoms with E-state index in [0.717, 1.165) is 18.5 Å². The molecule has 1 aromatic heterocycles. The third kappa shape index (κ3) is 2.39. The molecule has 3 fully saturated rings. The molecule has 4 nitrogen and oxygen atoms in total. The van der Waals surface area contributed by atoms with Gasteiger partial charge in [-0.25, -0.2) is 0 Å². The fourth-order valence-corrected chi connectivity index (χ4v) is 3.06. The maximum atomic E-state index is 12.3. The maximum Gasteiger partial charge on any atom is 0.261 e. The van der Waals surface area contributed by atoms with Gasteiger partial charge in [0, 0.05) is 11.7 Å². The molecule has 0 radical (unpaired) electrons. The second-order valence-electron chi connectivity index (χ2n) is 6.60. The highest BCUT2D eigenvalue weighted by Crippen LogP contribution is 2.44. The molecule has 0 spiro atoms. The molecule has 0 atom stereocenters. The number of rotatable bonds is 5. The molecule has 0 aromatic carbocycles. The van der Waals surface area contributed by atoms with Gasteiger partial charge in [-0.1, -0.05) is 0 Å². The molecule has 0 saturated heterocycles. The SMILES string of the molecule is O=C(NC(C1CC1)C1CC1)c1ccc(C2CC2)[nH]c1=O. The van der Waals surface area contributed by atoms with E-state index in [1.807, 2.05) is 6.07 Å². The van der Waals surface area contributed by atoms with E-state index < -0.39 is 0 Å². The van der Waals surface area contributed by atoms with Gasteiger partial charge < -0.3 is 10.3 Å². The van der Waals surface area contributed by atoms with Gasteiger partial charge in [-0.05, 0) is 68.4 Å². The van der Waals surface area contributed by atoms with Crippen LogP contribution >= 0.6 is 0 Å². The molecule has 3 saturated carbocycles. The lowest BCUT2D eigenvalue weighted by molar-refractivity contribution is 0.0924. The lowest BCUT2D eigenvalue weighted by atomic mass is 10.1. The number of aromatic nitrogens is 1. The number of pyridine rings is 1. The van der Waals surface area contributed by atoms with E-state index in [1.54, 1.807) is 6.07 Å². The highest BCUT2D eigenvalue weighted by atomic mass is 16.2. The van der Waals surface area contributed by atoms with Gasteiger partial charge in [0.05, 0.1) is 0 Å². The minimum atomic E-state index is -0.239. The molecule has 4 rings (SSSR count). The number of hydrogen-bond donors (Lipinski definition) is 2. The van der Waals surface area contributed by atoms with E-state index in [2.05, 4.69) is 10.3 Å². The second-order valence-corrected chi connectivity index (χ2v) is 6.60. The first-order chi connectivity index (χ1) is 9.72. The quantitative estimate of drug-likeness (QED) is 0.863. The molecule has 106 valence electrons. The van der Waals surface area contributed by atoms with Crippen LogP contribution in [0, 0.1) is 11.8 Å². The molecule has 3 aliphatic carbocycles. The lowest BCUT2D eigenvalue weighted by Crippen LogP contribution is -2.40. The smallest absolute Gasteiger partial charge is 0.261 e. The molecule has 20 heavy (non-hydrogen) atoms. The van der Waals surface area contributed by atoms with Crippen LogP contribution in [0.15, 0.2) is 16.9 Å². The normalized spacial score (nSPS) is 22.1. The fraction of sp³-hybridized carbons (Fsp3) is 0.625. The predicted molar refractivity (Wildman–Crippen MR) is 75.7 cm³/mol. The summed E-state index contributed by atoms with van der Waals surface area (Å²) in [6.07, 6.45) is 7.17. The van der Waals surface area contributed by atoms with E-state index >= 15 is 0 Å². The molecule has 4 heteroatoms. The van der Waals surface area contributed by atoms with Crippen LogP contribution in [-0.2, 0) is 0 Å². The minimum absolute atomic E-state index is 0.197. The predicted octanol–water partition coefficient (Wildman–Crippen LogP) is 2.17. The van der Waals surface area contributed by atoms with E-state index in [0.29, 0.717) is 23.8 Å². The Morgan fingerprint density at radius 3 is 2.25 bits per heavy atom. The summed E-state index contributed by atoms with van der Waals surface area (Å²) in [5.74, 6) is 1.61. The first-order valence-electron chi connectivity index (χ1n) is 7.76. The Labute approximate surface area is 118 Å². The molecular weight excluding hydrogens is 252 g/mol. The average molecular weight is 272 g/mol. The average Bonchev–Trinajstić information content (AvgIpc) is 3.31. The highest BCUT2D eigenvalue weighted by Gasteiger charge is 2.42. The topological polar surface area (TPSA) is 62.0 Å². The summed E-state index contributed by atoms with van der Waals surface area (Å²) in [6.45, 7) is 0. The Bertz CT molecular complexity index is 583. The van der Waals surface area contributed by atoms with Crippen LogP contribution in [0.1, 0.15) is 60.5 Å². The number of carbonyl (C=O) groups excluding carboxylic acids is 1. The number of nitrogens with one attached hydrogen (secondary N) is 2. The van der Waals surface area contributed by atoms with Crippen LogP contribution in [0.4, 0.5) is 0 Å². The van der Waals surface area contributed by atoms with Crippen molar-refractivity contribution in [3.05, 3.63) is 33.7 Å². The van der Waals surface area contributed by atoms with E-state index in [9.17, 15) is 9.59 Å². The van der Waals surface area contributed by atoms with Crippen molar-refractivity contribution in [1.82, 2.24) is 10.3 Å². The molecular formula is C16H20N2O2. The molecule has 0 unspecified atom stereocenters. The molecule has 2 N–H and O–H groups in total. The summed E-state index contributed by atoms with van der Waals surface area (Å²) in [5.41, 5.74) is 1.01. The van der Waals surface area contributed by atoms with Crippen molar-refractivity contribution >= 4 is 5.91 Å². The zero-order valence-electron chi connectivity index (χ0n) is 11.5. The number of carbonyl (C=O) groups is 1. The molecule has 1 aromatic rings. The summed E-state index contributed by atoms with van der Waals surface area (Å²) in [5, 5.41) is 3.10. The number of H-pyrrole nitrogens is 1. The molecule has 1 heterocycles. The van der Waals surface area contributed by atoms with Crippen molar-refractivity contribution in [3.63, 3.8) is 0 Å². The zero-order valence-corrected chi connectivity index (χ0v) is 11.5. The van der Waals surface area contributed by atoms with Gasteiger partial charge >= 0.3 is 0 Å². The van der Waals surface area contributed by atoms with Gasteiger partial charge in [0.1, 0.15) is 5.56 Å². The largest absolute Gasteiger partial charge is 0.349 e.